The van der Waals surface area contributed by atoms with Gasteiger partial charge in [0.1, 0.15) is 6.54 Å². The molecule has 0 saturated carbocycles. The largest absolute Gasteiger partial charge is 0.624 e. The minimum atomic E-state index is -1.23. The number of benzene rings is 1. The van der Waals surface area contributed by atoms with Gasteiger partial charge in [-0.1, -0.05) is 6.07 Å². The van der Waals surface area contributed by atoms with E-state index >= 15 is 0 Å². The number of carbonyl (C=O) groups excluding carboxylic acids is 3. The van der Waals surface area contributed by atoms with Gasteiger partial charge in [-0.25, -0.2) is 4.79 Å². The number of piperidine rings is 1. The number of amides is 3. The van der Waals surface area contributed by atoms with Gasteiger partial charge in [-0.15, -0.1) is 0 Å². The standard InChI is InChI=1S/C21H29N5O4/c1-22-8-3-9-24-10-12-25(13-11-24)17-5-2-4-15-16(17)14-26(30,21(15)29)18-6-7-19(27)23-20(18)28/h2,4-5,18,22H,3,6-14H2,1H3,(H,23,27,28). The Labute approximate surface area is 176 Å². The number of piperazine rings is 1. The highest BCUT2D eigenvalue weighted by atomic mass is 16.6. The lowest BCUT2D eigenvalue weighted by Crippen LogP contribution is -2.60. The van der Waals surface area contributed by atoms with E-state index in [4.69, 9.17) is 0 Å². The zero-order valence-electron chi connectivity index (χ0n) is 17.4. The SMILES string of the molecule is CNCCCN1CCN(c2cccc3c2C[N+]([O-])(C2CCC(=O)NC2=O)C3=O)CC1. The minimum Gasteiger partial charge on any atom is -0.624 e. The number of hydrogen-bond donors (Lipinski definition) is 2. The van der Waals surface area contributed by atoms with Crippen LogP contribution >= 0.6 is 0 Å². The molecule has 0 radical (unpaired) electrons. The van der Waals surface area contributed by atoms with Crippen molar-refractivity contribution in [3.8, 4) is 0 Å². The lowest BCUT2D eigenvalue weighted by molar-refractivity contribution is -0.825. The van der Waals surface area contributed by atoms with E-state index in [9.17, 15) is 19.6 Å². The number of nitrogens with zero attached hydrogens (tertiary/aromatic N) is 3. The zero-order valence-corrected chi connectivity index (χ0v) is 17.4. The smallest absolute Gasteiger partial charge is 0.347 e. The predicted molar refractivity (Wildman–Crippen MR) is 111 cm³/mol. The van der Waals surface area contributed by atoms with E-state index in [1.807, 2.05) is 19.2 Å². The molecular formula is C21H29N5O4. The fraction of sp³-hybridized carbons (Fsp3) is 0.571. The van der Waals surface area contributed by atoms with Gasteiger partial charge in [-0.05, 0) is 38.7 Å². The number of rotatable bonds is 6. The lowest BCUT2D eigenvalue weighted by atomic mass is 10.0. The first kappa shape index (κ1) is 20.9. The van der Waals surface area contributed by atoms with Gasteiger partial charge in [0.05, 0.1) is 5.56 Å². The maximum atomic E-state index is 13.6. The molecule has 30 heavy (non-hydrogen) atoms. The van der Waals surface area contributed by atoms with Crippen LogP contribution < -0.4 is 15.5 Å². The van der Waals surface area contributed by atoms with Crippen molar-refractivity contribution in [3.05, 3.63) is 34.5 Å². The molecule has 4 rings (SSSR count). The van der Waals surface area contributed by atoms with E-state index in [1.54, 1.807) is 6.07 Å². The van der Waals surface area contributed by atoms with Crippen LogP contribution in [0.2, 0.25) is 0 Å². The lowest BCUT2D eigenvalue weighted by Gasteiger charge is -2.43. The summed E-state index contributed by atoms with van der Waals surface area (Å²) in [5.74, 6) is -1.61. The summed E-state index contributed by atoms with van der Waals surface area (Å²) in [5, 5.41) is 19.0. The summed E-state index contributed by atoms with van der Waals surface area (Å²) in [6, 6.07) is 4.38. The molecule has 1 aromatic rings. The molecule has 2 saturated heterocycles. The Bertz CT molecular complexity index is 852. The first-order chi connectivity index (χ1) is 14.4. The van der Waals surface area contributed by atoms with E-state index in [2.05, 4.69) is 20.4 Å². The number of carbonyl (C=O) groups is 3. The van der Waals surface area contributed by atoms with Crippen LogP contribution in [0.15, 0.2) is 18.2 Å². The molecule has 3 aliphatic rings. The number of hydrogen-bond acceptors (Lipinski definition) is 7. The number of anilines is 1. The highest BCUT2D eigenvalue weighted by molar-refractivity contribution is 6.02. The van der Waals surface area contributed by atoms with Crippen molar-refractivity contribution in [2.75, 3.05) is 51.2 Å². The Kier molecular flexibility index (Phi) is 5.88. The molecule has 3 amide bonds. The van der Waals surface area contributed by atoms with Crippen LogP contribution in [0.5, 0.6) is 0 Å². The topological polar surface area (TPSA) is 105 Å². The second-order valence-electron chi connectivity index (χ2n) is 8.31. The number of fused-ring (bicyclic) bond motifs is 1. The van der Waals surface area contributed by atoms with Crippen LogP contribution in [0, 0.1) is 5.21 Å². The molecule has 2 N–H and O–H groups in total. The fourth-order valence-electron chi connectivity index (χ4n) is 4.77. The summed E-state index contributed by atoms with van der Waals surface area (Å²) < 4.78 is -1.23. The van der Waals surface area contributed by atoms with Crippen molar-refractivity contribution in [2.24, 2.45) is 0 Å². The third-order valence-electron chi connectivity index (χ3n) is 6.45. The second kappa shape index (κ2) is 8.43. The van der Waals surface area contributed by atoms with Gasteiger partial charge in [0.15, 0.2) is 6.04 Å². The zero-order chi connectivity index (χ0) is 21.3. The monoisotopic (exact) mass is 415 g/mol. The van der Waals surface area contributed by atoms with Gasteiger partial charge in [-0.3, -0.25) is 24.5 Å². The molecule has 0 spiro atoms. The van der Waals surface area contributed by atoms with Gasteiger partial charge in [0.25, 0.3) is 5.91 Å². The molecule has 3 aliphatic heterocycles. The summed E-state index contributed by atoms with van der Waals surface area (Å²) in [6.07, 6.45) is 1.30. The van der Waals surface area contributed by atoms with E-state index in [-0.39, 0.29) is 25.3 Å². The first-order valence-electron chi connectivity index (χ1n) is 10.6. The third-order valence-corrected chi connectivity index (χ3v) is 6.45. The highest BCUT2D eigenvalue weighted by Gasteiger charge is 2.50. The van der Waals surface area contributed by atoms with Gasteiger partial charge in [0.2, 0.25) is 5.91 Å². The molecule has 3 heterocycles. The van der Waals surface area contributed by atoms with Gasteiger partial charge < -0.3 is 15.4 Å². The summed E-state index contributed by atoms with van der Waals surface area (Å²) in [5.41, 5.74) is 2.05. The molecule has 2 unspecified atom stereocenters. The van der Waals surface area contributed by atoms with E-state index in [1.165, 1.54) is 0 Å². The molecular weight excluding hydrogens is 386 g/mol. The van der Waals surface area contributed by atoms with Crippen molar-refractivity contribution in [2.45, 2.75) is 31.8 Å². The normalized spacial score (nSPS) is 27.3. The minimum absolute atomic E-state index is 0.0565. The average molecular weight is 415 g/mol. The highest BCUT2D eigenvalue weighted by Crippen LogP contribution is 2.39. The van der Waals surface area contributed by atoms with E-state index in [0.29, 0.717) is 5.56 Å². The molecule has 9 nitrogen and oxygen atoms in total. The van der Waals surface area contributed by atoms with Crippen LogP contribution in [0.4, 0.5) is 5.69 Å². The Morgan fingerprint density at radius 2 is 1.97 bits per heavy atom. The molecule has 0 bridgehead atoms. The van der Waals surface area contributed by atoms with Gasteiger partial charge in [-0.2, -0.15) is 0 Å². The molecule has 0 aliphatic carbocycles. The van der Waals surface area contributed by atoms with Crippen LogP contribution in [0.1, 0.15) is 35.2 Å². The molecule has 162 valence electrons. The van der Waals surface area contributed by atoms with E-state index < -0.39 is 22.5 Å². The van der Waals surface area contributed by atoms with Crippen molar-refractivity contribution < 1.29 is 19.0 Å². The summed E-state index contributed by atoms with van der Waals surface area (Å²) in [4.78, 5) is 41.5. The van der Waals surface area contributed by atoms with Gasteiger partial charge >= 0.3 is 5.91 Å². The Balaban J connectivity index is 1.50. The number of nitrogens with one attached hydrogen (secondary N) is 2. The first-order valence-corrected chi connectivity index (χ1v) is 10.6. The predicted octanol–water partition coefficient (Wildman–Crippen LogP) is 0.192. The maximum Gasteiger partial charge on any atom is 0.347 e. The number of imide groups is 1. The molecule has 0 aromatic heterocycles. The molecule has 1 aromatic carbocycles. The van der Waals surface area contributed by atoms with E-state index in [0.717, 1.165) is 56.9 Å². The molecule has 9 heteroatoms. The Hall–Kier alpha value is -2.33. The van der Waals surface area contributed by atoms with Crippen LogP contribution in [-0.2, 0) is 16.1 Å². The van der Waals surface area contributed by atoms with Gasteiger partial charge in [0, 0.05) is 50.3 Å². The van der Waals surface area contributed by atoms with Crippen molar-refractivity contribution in [1.82, 2.24) is 15.5 Å². The number of quaternary nitrogens is 1. The summed E-state index contributed by atoms with van der Waals surface area (Å²) in [6.45, 7) is 5.54. The van der Waals surface area contributed by atoms with Crippen molar-refractivity contribution in [3.63, 3.8) is 0 Å². The summed E-state index contributed by atoms with van der Waals surface area (Å²) in [7, 11) is 1.96. The Morgan fingerprint density at radius 3 is 2.67 bits per heavy atom. The van der Waals surface area contributed by atoms with Crippen molar-refractivity contribution in [1.29, 1.82) is 0 Å². The summed E-state index contributed by atoms with van der Waals surface area (Å²) >= 11 is 0. The number of hydroxylamine groups is 3. The Morgan fingerprint density at radius 1 is 1.20 bits per heavy atom. The third kappa shape index (κ3) is 3.74. The van der Waals surface area contributed by atoms with Crippen molar-refractivity contribution >= 4 is 23.4 Å². The second-order valence-corrected chi connectivity index (χ2v) is 8.31. The molecule has 2 atom stereocenters. The fourth-order valence-corrected chi connectivity index (χ4v) is 4.77. The van der Waals surface area contributed by atoms with Crippen LogP contribution in [-0.4, -0.2) is 79.6 Å². The quantitative estimate of drug-likeness (QED) is 0.296. The van der Waals surface area contributed by atoms with Crippen LogP contribution in [0.25, 0.3) is 0 Å². The van der Waals surface area contributed by atoms with Crippen LogP contribution in [0.3, 0.4) is 0 Å². The average Bonchev–Trinajstić information content (AvgIpc) is 3.00. The maximum absolute atomic E-state index is 13.6. The molecule has 2 fully saturated rings.